The van der Waals surface area contributed by atoms with Crippen molar-refractivity contribution in [3.8, 4) is 6.07 Å². The molecule has 212 valence electrons. The molecule has 2 unspecified atom stereocenters. The summed E-state index contributed by atoms with van der Waals surface area (Å²) in [5.74, 6) is -1.73. The maximum atomic E-state index is 15.0. The number of nitrogens with one attached hydrogen (secondary N) is 1. The fraction of sp³-hybridized carbons (Fsp3) is 0.533. The molecular formula is C30H37Cl2F2N3O2. The van der Waals surface area contributed by atoms with Crippen LogP contribution in [0.5, 0.6) is 0 Å². The maximum absolute atomic E-state index is 15.0. The van der Waals surface area contributed by atoms with E-state index in [0.29, 0.717) is 23.9 Å². The van der Waals surface area contributed by atoms with Gasteiger partial charge in [-0.25, -0.2) is 8.78 Å². The molecule has 5 rings (SSSR count). The zero-order chi connectivity index (χ0) is 29.0. The predicted molar refractivity (Wildman–Crippen MR) is 151 cm³/mol. The van der Waals surface area contributed by atoms with Crippen molar-refractivity contribution in [3.05, 3.63) is 69.2 Å². The highest BCUT2D eigenvalue weighted by Gasteiger charge is 2.55. The monoisotopic (exact) mass is 579 g/mol. The number of amides is 1. The van der Waals surface area contributed by atoms with Crippen LogP contribution in [0.4, 0.5) is 8.78 Å². The second kappa shape index (κ2) is 12.5. The maximum Gasteiger partial charge on any atom is 0.209 e. The number of likely N-dealkylation sites (tertiary alicyclic amines) is 1. The third-order valence-corrected chi connectivity index (χ3v) is 7.97. The molecule has 2 aromatic rings. The molecule has 3 aliphatic heterocycles. The zero-order valence-electron chi connectivity index (χ0n) is 23.2. The molecule has 3 atom stereocenters. The Balaban J connectivity index is 0.000000316. The Bertz CT molecular complexity index is 1200. The SMILES string of the molecule is CC.CC(C)(C)CC1NCC(c2cccc(Cl)c2F)[C@@]1(C#N)c1ccc(Cl)cc1F.O=CN1CC2(COC2)C1. The molecule has 3 fully saturated rings. The number of halogens is 4. The van der Waals surface area contributed by atoms with E-state index in [1.807, 2.05) is 13.8 Å². The lowest BCUT2D eigenvalue weighted by molar-refractivity contribution is -0.188. The molecule has 0 saturated carbocycles. The minimum absolute atomic E-state index is 0.0137. The highest BCUT2D eigenvalue weighted by atomic mass is 35.5. The molecule has 9 heteroatoms. The number of hydrogen-bond acceptors (Lipinski definition) is 4. The molecule has 3 heterocycles. The average Bonchev–Trinajstić information content (AvgIpc) is 3.18. The van der Waals surface area contributed by atoms with Crippen molar-refractivity contribution in [3.63, 3.8) is 0 Å². The zero-order valence-corrected chi connectivity index (χ0v) is 24.7. The van der Waals surface area contributed by atoms with Gasteiger partial charge < -0.3 is 15.0 Å². The number of benzene rings is 2. The summed E-state index contributed by atoms with van der Waals surface area (Å²) in [5, 5.41) is 14.0. The largest absolute Gasteiger partial charge is 0.380 e. The molecule has 0 aromatic heterocycles. The smallest absolute Gasteiger partial charge is 0.209 e. The minimum Gasteiger partial charge on any atom is -0.380 e. The van der Waals surface area contributed by atoms with E-state index in [9.17, 15) is 14.4 Å². The molecule has 1 amide bonds. The van der Waals surface area contributed by atoms with Crippen LogP contribution < -0.4 is 5.32 Å². The summed E-state index contributed by atoms with van der Waals surface area (Å²) in [6, 6.07) is 11.0. The van der Waals surface area contributed by atoms with E-state index in [1.165, 1.54) is 12.1 Å². The molecule has 39 heavy (non-hydrogen) atoms. The van der Waals surface area contributed by atoms with Crippen LogP contribution in [-0.4, -0.2) is 50.2 Å². The molecule has 2 aromatic carbocycles. The van der Waals surface area contributed by atoms with Gasteiger partial charge in [0.2, 0.25) is 6.41 Å². The van der Waals surface area contributed by atoms with Crippen molar-refractivity contribution in [2.24, 2.45) is 10.8 Å². The number of rotatable bonds is 4. The topological polar surface area (TPSA) is 65.4 Å². The van der Waals surface area contributed by atoms with E-state index in [-0.39, 0.29) is 27.1 Å². The Morgan fingerprint density at radius 3 is 2.36 bits per heavy atom. The number of nitrogens with zero attached hydrogens (tertiary/aromatic N) is 2. The number of nitriles is 1. The van der Waals surface area contributed by atoms with E-state index in [0.717, 1.165) is 32.7 Å². The van der Waals surface area contributed by atoms with Gasteiger partial charge >= 0.3 is 0 Å². The van der Waals surface area contributed by atoms with Gasteiger partial charge in [0.05, 0.1) is 29.7 Å². The minimum atomic E-state index is -1.30. The first-order chi connectivity index (χ1) is 18.4. The highest BCUT2D eigenvalue weighted by molar-refractivity contribution is 6.31. The lowest BCUT2D eigenvalue weighted by Crippen LogP contribution is -2.65. The van der Waals surface area contributed by atoms with Gasteiger partial charge in [0.1, 0.15) is 17.0 Å². The van der Waals surface area contributed by atoms with Crippen molar-refractivity contribution >= 4 is 29.6 Å². The van der Waals surface area contributed by atoms with E-state index < -0.39 is 23.0 Å². The van der Waals surface area contributed by atoms with Gasteiger partial charge in [-0.2, -0.15) is 5.26 Å². The summed E-state index contributed by atoms with van der Waals surface area (Å²) < 4.78 is 35.0. The Hall–Kier alpha value is -2.24. The van der Waals surface area contributed by atoms with E-state index in [1.54, 1.807) is 29.2 Å². The van der Waals surface area contributed by atoms with Gasteiger partial charge in [-0.05, 0) is 35.6 Å². The molecular weight excluding hydrogens is 543 g/mol. The van der Waals surface area contributed by atoms with Crippen molar-refractivity contribution in [1.29, 1.82) is 5.26 Å². The van der Waals surface area contributed by atoms with Crippen molar-refractivity contribution in [2.75, 3.05) is 32.8 Å². The van der Waals surface area contributed by atoms with Crippen LogP contribution in [0, 0.1) is 33.8 Å². The molecule has 3 aliphatic rings. The fourth-order valence-electron chi connectivity index (χ4n) is 5.69. The van der Waals surface area contributed by atoms with Crippen LogP contribution in [0.15, 0.2) is 36.4 Å². The predicted octanol–water partition coefficient (Wildman–Crippen LogP) is 6.73. The van der Waals surface area contributed by atoms with Gasteiger partial charge in [-0.3, -0.25) is 4.79 Å². The highest BCUT2D eigenvalue weighted by Crippen LogP contribution is 2.50. The van der Waals surface area contributed by atoms with Crippen molar-refractivity contribution < 1.29 is 18.3 Å². The summed E-state index contributed by atoms with van der Waals surface area (Å²) in [7, 11) is 0. The van der Waals surface area contributed by atoms with Crippen LogP contribution in [0.3, 0.4) is 0 Å². The third-order valence-electron chi connectivity index (χ3n) is 7.45. The van der Waals surface area contributed by atoms with Gasteiger partial charge in [0.15, 0.2) is 0 Å². The standard InChI is InChI=1S/C22H22Cl2F2N2.C6H9NO2.C2H6/c1-21(2,3)10-19-22(12-27,15-8-7-13(23)9-18(15)25)16(11-28-19)14-5-4-6-17(24)20(14)26;8-5-7-1-6(2-7)3-9-4-6;1-2/h4-9,16,19,28H,10-11H2,1-3H3;5H,1-4H2;1-2H3/t16?,19?,22-;;/m1../s1. The molecule has 1 N–H and O–H groups in total. The molecule has 0 radical (unpaired) electrons. The normalized spacial score (nSPS) is 24.8. The summed E-state index contributed by atoms with van der Waals surface area (Å²) in [4.78, 5) is 11.9. The second-order valence-electron chi connectivity index (χ2n) is 11.5. The molecule has 3 saturated heterocycles. The van der Waals surface area contributed by atoms with E-state index >= 15 is 4.39 Å². The van der Waals surface area contributed by atoms with Gasteiger partial charge in [-0.15, -0.1) is 0 Å². The summed E-state index contributed by atoms with van der Waals surface area (Å²) in [5.41, 5.74) is -0.492. The summed E-state index contributed by atoms with van der Waals surface area (Å²) >= 11 is 11.9. The molecule has 1 spiro atoms. The van der Waals surface area contributed by atoms with Crippen molar-refractivity contribution in [2.45, 2.75) is 58.4 Å². The quantitative estimate of drug-likeness (QED) is 0.408. The van der Waals surface area contributed by atoms with Crippen molar-refractivity contribution in [1.82, 2.24) is 10.2 Å². The fourth-order valence-corrected chi connectivity index (χ4v) is 6.04. The summed E-state index contributed by atoms with van der Waals surface area (Å²) in [6.45, 7) is 14.1. The Morgan fingerprint density at radius 2 is 1.85 bits per heavy atom. The van der Waals surface area contributed by atoms with Gasteiger partial charge in [0.25, 0.3) is 0 Å². The Labute approximate surface area is 240 Å². The Kier molecular flexibility index (Phi) is 10.0. The van der Waals surface area contributed by atoms with Crippen LogP contribution in [0.2, 0.25) is 10.0 Å². The molecule has 5 nitrogen and oxygen atoms in total. The van der Waals surface area contributed by atoms with Crippen LogP contribution in [0.1, 0.15) is 58.1 Å². The number of carbonyl (C=O) groups excluding carboxylic acids is 1. The number of hydrogen-bond donors (Lipinski definition) is 1. The first-order valence-corrected chi connectivity index (χ1v) is 14.0. The molecule has 0 bridgehead atoms. The molecule has 0 aliphatic carbocycles. The van der Waals surface area contributed by atoms with Gasteiger partial charge in [-0.1, -0.05) is 76.0 Å². The Morgan fingerprint density at radius 1 is 1.18 bits per heavy atom. The first-order valence-electron chi connectivity index (χ1n) is 13.3. The number of carbonyl (C=O) groups is 1. The van der Waals surface area contributed by atoms with E-state index in [2.05, 4.69) is 32.2 Å². The van der Waals surface area contributed by atoms with Crippen LogP contribution >= 0.6 is 23.2 Å². The number of ether oxygens (including phenoxy) is 1. The summed E-state index contributed by atoms with van der Waals surface area (Å²) in [6.07, 6.45) is 1.52. The second-order valence-corrected chi connectivity index (χ2v) is 12.4. The third kappa shape index (κ3) is 6.41. The van der Waals surface area contributed by atoms with Crippen LogP contribution in [-0.2, 0) is 14.9 Å². The lowest BCUT2D eigenvalue weighted by atomic mass is 9.64. The van der Waals surface area contributed by atoms with Gasteiger partial charge in [0, 0.05) is 42.2 Å². The average molecular weight is 581 g/mol. The van der Waals surface area contributed by atoms with Crippen LogP contribution in [0.25, 0.3) is 0 Å². The van der Waals surface area contributed by atoms with E-state index in [4.69, 9.17) is 27.9 Å². The lowest BCUT2D eigenvalue weighted by Gasteiger charge is -2.53. The first kappa shape index (κ1) is 31.3.